The van der Waals surface area contributed by atoms with E-state index in [2.05, 4.69) is 14.7 Å². The fourth-order valence-electron chi connectivity index (χ4n) is 3.16. The van der Waals surface area contributed by atoms with Crippen molar-refractivity contribution in [3.63, 3.8) is 0 Å². The van der Waals surface area contributed by atoms with E-state index in [-0.39, 0.29) is 10.6 Å². The van der Waals surface area contributed by atoms with Gasteiger partial charge >= 0.3 is 12.1 Å². The number of hydrogen-bond acceptors (Lipinski definition) is 5. The summed E-state index contributed by atoms with van der Waals surface area (Å²) in [6.07, 6.45) is -4.68. The van der Waals surface area contributed by atoms with Crippen LogP contribution in [0.1, 0.15) is 11.4 Å². The maximum atomic E-state index is 12.8. The van der Waals surface area contributed by atoms with Gasteiger partial charge in [-0.1, -0.05) is 24.3 Å². The van der Waals surface area contributed by atoms with Gasteiger partial charge in [0.2, 0.25) is 0 Å². The van der Waals surface area contributed by atoms with Gasteiger partial charge in [0.05, 0.1) is 16.6 Å². The van der Waals surface area contributed by atoms with E-state index in [1.54, 1.807) is 24.3 Å². The smallest absolute Gasteiger partial charge is 0.416 e. The Kier molecular flexibility index (Phi) is 5.99. The molecule has 12 heteroatoms. The third-order valence-corrected chi connectivity index (χ3v) is 7.87. The third-order valence-electron chi connectivity index (χ3n) is 4.77. The number of aromatic nitrogens is 2. The largest absolute Gasteiger partial charge is 0.480 e. The number of alkyl halides is 3. The van der Waals surface area contributed by atoms with Crippen LogP contribution in [0.2, 0.25) is 0 Å². The summed E-state index contributed by atoms with van der Waals surface area (Å²) in [6.45, 7) is 0. The van der Waals surface area contributed by atoms with Gasteiger partial charge in [-0.05, 0) is 42.0 Å². The first-order chi connectivity index (χ1) is 15.5. The fourth-order valence-corrected chi connectivity index (χ4v) is 5.68. The average molecular weight is 496 g/mol. The Hall–Kier alpha value is -3.22. The van der Waals surface area contributed by atoms with Gasteiger partial charge in [0.1, 0.15) is 16.1 Å². The summed E-state index contributed by atoms with van der Waals surface area (Å²) >= 11 is 0.822. The van der Waals surface area contributed by atoms with Crippen molar-refractivity contribution in [2.75, 3.05) is 0 Å². The molecule has 33 heavy (non-hydrogen) atoms. The minimum absolute atomic E-state index is 0.159. The fraction of sp³-hybridized carbons (Fsp3) is 0.143. The number of sulfonamides is 1. The summed E-state index contributed by atoms with van der Waals surface area (Å²) in [5.41, 5.74) is 0.914. The van der Waals surface area contributed by atoms with Crippen LogP contribution in [-0.2, 0) is 27.4 Å². The third kappa shape index (κ3) is 5.07. The van der Waals surface area contributed by atoms with Crippen molar-refractivity contribution in [3.05, 3.63) is 72.1 Å². The highest BCUT2D eigenvalue weighted by Crippen LogP contribution is 2.34. The quantitative estimate of drug-likeness (QED) is 0.354. The number of halogens is 3. The summed E-state index contributed by atoms with van der Waals surface area (Å²) in [6, 6.07) is 12.6. The number of benzene rings is 2. The predicted octanol–water partition coefficient (Wildman–Crippen LogP) is 4.28. The number of para-hydroxylation sites is 2. The van der Waals surface area contributed by atoms with Crippen LogP contribution in [-0.4, -0.2) is 35.5 Å². The molecule has 3 N–H and O–H groups in total. The normalized spacial score (nSPS) is 13.3. The second kappa shape index (κ2) is 8.61. The van der Waals surface area contributed by atoms with Crippen LogP contribution in [0.5, 0.6) is 0 Å². The monoisotopic (exact) mass is 495 g/mol. The number of thiophene rings is 1. The molecule has 4 aromatic rings. The highest BCUT2D eigenvalue weighted by atomic mass is 32.2. The van der Waals surface area contributed by atoms with Gasteiger partial charge in [-0.25, -0.2) is 13.4 Å². The van der Waals surface area contributed by atoms with Crippen molar-refractivity contribution in [2.45, 2.75) is 22.8 Å². The molecule has 7 nitrogen and oxygen atoms in total. The Morgan fingerprint density at radius 3 is 2.42 bits per heavy atom. The molecule has 2 aromatic carbocycles. The molecule has 1 atom stereocenters. The van der Waals surface area contributed by atoms with Crippen LogP contribution in [0, 0.1) is 0 Å². The molecule has 0 radical (unpaired) electrons. The molecule has 0 aliphatic rings. The summed E-state index contributed by atoms with van der Waals surface area (Å²) < 4.78 is 65.8. The van der Waals surface area contributed by atoms with Crippen LogP contribution in [0.25, 0.3) is 21.5 Å². The number of aromatic amines is 1. The molecule has 0 bridgehead atoms. The number of hydrogen-bond donors (Lipinski definition) is 3. The molecule has 2 heterocycles. The number of carboxylic acids is 1. The number of carbonyl (C=O) groups is 1. The maximum Gasteiger partial charge on any atom is 0.416 e. The molecule has 0 fully saturated rings. The zero-order chi connectivity index (χ0) is 23.8. The zero-order valence-corrected chi connectivity index (χ0v) is 18.3. The Morgan fingerprint density at radius 2 is 1.79 bits per heavy atom. The molecular weight excluding hydrogens is 479 g/mol. The number of fused-ring (bicyclic) bond motifs is 1. The molecule has 0 saturated carbocycles. The lowest BCUT2D eigenvalue weighted by Crippen LogP contribution is -2.42. The van der Waals surface area contributed by atoms with E-state index in [4.69, 9.17) is 0 Å². The minimum atomic E-state index is -4.47. The van der Waals surface area contributed by atoms with E-state index < -0.39 is 33.8 Å². The Labute approximate surface area is 190 Å². The lowest BCUT2D eigenvalue weighted by Gasteiger charge is -2.12. The Bertz CT molecular complexity index is 1380. The first-order valence-corrected chi connectivity index (χ1v) is 11.8. The van der Waals surface area contributed by atoms with Crippen molar-refractivity contribution in [2.24, 2.45) is 0 Å². The summed E-state index contributed by atoms with van der Waals surface area (Å²) in [7, 11) is -4.21. The van der Waals surface area contributed by atoms with E-state index in [1.165, 1.54) is 24.3 Å². The highest BCUT2D eigenvalue weighted by Gasteiger charge is 2.30. The molecule has 2 aromatic heterocycles. The van der Waals surface area contributed by atoms with Gasteiger partial charge in [0.15, 0.2) is 0 Å². The van der Waals surface area contributed by atoms with Crippen molar-refractivity contribution in [3.8, 4) is 10.4 Å². The Morgan fingerprint density at radius 1 is 1.09 bits per heavy atom. The van der Waals surface area contributed by atoms with Crippen LogP contribution >= 0.6 is 11.3 Å². The van der Waals surface area contributed by atoms with E-state index >= 15 is 0 Å². The van der Waals surface area contributed by atoms with Gasteiger partial charge in [-0.15, -0.1) is 11.3 Å². The first-order valence-electron chi connectivity index (χ1n) is 9.49. The summed E-state index contributed by atoms with van der Waals surface area (Å²) in [5, 5.41) is 9.54. The molecule has 0 saturated heterocycles. The number of carboxylic acid groups (broad SMARTS) is 1. The molecule has 0 aliphatic heterocycles. The van der Waals surface area contributed by atoms with Gasteiger partial charge in [0.25, 0.3) is 10.0 Å². The summed E-state index contributed by atoms with van der Waals surface area (Å²) in [5.74, 6) is -1.07. The second-order valence-corrected chi connectivity index (χ2v) is 10.1. The lowest BCUT2D eigenvalue weighted by atomic mass is 10.1. The number of imidazole rings is 1. The average Bonchev–Trinajstić information content (AvgIpc) is 3.40. The van der Waals surface area contributed by atoms with Crippen LogP contribution in [0.15, 0.2) is 64.9 Å². The van der Waals surface area contributed by atoms with Crippen LogP contribution in [0.4, 0.5) is 13.2 Å². The second-order valence-electron chi connectivity index (χ2n) is 7.11. The standard InChI is InChI=1S/C21H16F3N3O4S2/c22-21(23,24)13-7-5-12(6-8-13)17-9-10-19(32-17)33(30,31)27-16(20(28)29)11-18-25-14-3-1-2-4-15(14)26-18/h1-10,16,27H,11H2,(H,25,26)(H,28,29)/t16-/m1/s1. The van der Waals surface area contributed by atoms with Crippen molar-refractivity contribution in [1.29, 1.82) is 0 Å². The number of nitrogens with zero attached hydrogens (tertiary/aromatic N) is 1. The van der Waals surface area contributed by atoms with Crippen molar-refractivity contribution >= 4 is 38.4 Å². The first kappa shape index (κ1) is 23.0. The maximum absolute atomic E-state index is 12.8. The van der Waals surface area contributed by atoms with Crippen LogP contribution < -0.4 is 4.72 Å². The number of nitrogens with one attached hydrogen (secondary N) is 2. The molecule has 172 valence electrons. The van der Waals surface area contributed by atoms with E-state index in [0.29, 0.717) is 27.3 Å². The number of aliphatic carboxylic acids is 1. The molecule has 0 unspecified atom stereocenters. The van der Waals surface area contributed by atoms with Gasteiger partial charge in [-0.2, -0.15) is 17.9 Å². The molecular formula is C21H16F3N3O4S2. The number of H-pyrrole nitrogens is 1. The van der Waals surface area contributed by atoms with Crippen LogP contribution in [0.3, 0.4) is 0 Å². The lowest BCUT2D eigenvalue weighted by molar-refractivity contribution is -0.139. The Balaban J connectivity index is 1.53. The highest BCUT2D eigenvalue weighted by molar-refractivity contribution is 7.91. The van der Waals surface area contributed by atoms with E-state index in [9.17, 15) is 31.5 Å². The van der Waals surface area contributed by atoms with E-state index in [0.717, 1.165) is 23.5 Å². The van der Waals surface area contributed by atoms with E-state index in [1.807, 2.05) is 0 Å². The predicted molar refractivity (Wildman–Crippen MR) is 116 cm³/mol. The summed E-state index contributed by atoms with van der Waals surface area (Å²) in [4.78, 5) is 19.4. The van der Waals surface area contributed by atoms with Gasteiger partial charge < -0.3 is 10.1 Å². The number of rotatable bonds is 7. The SMILES string of the molecule is O=C(O)[C@@H](Cc1nc2ccccc2[nH]1)NS(=O)(=O)c1ccc(-c2ccc(C(F)(F)F)cc2)s1. The van der Waals surface area contributed by atoms with Crippen molar-refractivity contribution in [1.82, 2.24) is 14.7 Å². The molecule has 4 rings (SSSR count). The van der Waals surface area contributed by atoms with Crippen molar-refractivity contribution < 1.29 is 31.5 Å². The van der Waals surface area contributed by atoms with Gasteiger partial charge in [-0.3, -0.25) is 4.79 Å². The van der Waals surface area contributed by atoms with Gasteiger partial charge in [0, 0.05) is 11.3 Å². The molecule has 0 spiro atoms. The molecule has 0 aliphatic carbocycles. The zero-order valence-electron chi connectivity index (χ0n) is 16.6. The topological polar surface area (TPSA) is 112 Å². The minimum Gasteiger partial charge on any atom is -0.480 e. The molecule has 0 amide bonds.